The summed E-state index contributed by atoms with van der Waals surface area (Å²) in [6.07, 6.45) is 2.03. The van der Waals surface area contributed by atoms with Gasteiger partial charge in [0.05, 0.1) is 12.7 Å². The van der Waals surface area contributed by atoms with Crippen LogP contribution in [-0.4, -0.2) is 43.8 Å². The van der Waals surface area contributed by atoms with Crippen LogP contribution in [0.1, 0.15) is 18.1 Å². The summed E-state index contributed by atoms with van der Waals surface area (Å²) in [5.74, 6) is 1.36. The van der Waals surface area contributed by atoms with Crippen molar-refractivity contribution in [2.45, 2.75) is 26.1 Å². The maximum atomic E-state index is 13.7. The SMILES string of the molecule is CN=C(NCc1ccnc(N2CCOC(C)C2)c1)NCc1ccccc1F. The van der Waals surface area contributed by atoms with Gasteiger partial charge in [0.1, 0.15) is 11.6 Å². The number of ether oxygens (including phenoxy) is 1. The third-order valence-corrected chi connectivity index (χ3v) is 4.46. The molecule has 0 spiro atoms. The van der Waals surface area contributed by atoms with Crippen molar-refractivity contribution in [2.24, 2.45) is 4.99 Å². The molecule has 2 heterocycles. The Kier molecular flexibility index (Phi) is 6.59. The third-order valence-electron chi connectivity index (χ3n) is 4.46. The van der Waals surface area contributed by atoms with Crippen LogP contribution in [0.4, 0.5) is 10.2 Å². The summed E-state index contributed by atoms with van der Waals surface area (Å²) >= 11 is 0. The molecule has 0 aliphatic carbocycles. The number of morpholine rings is 1. The number of guanidine groups is 1. The van der Waals surface area contributed by atoms with Crippen molar-refractivity contribution in [1.82, 2.24) is 15.6 Å². The summed E-state index contributed by atoms with van der Waals surface area (Å²) in [6, 6.07) is 10.8. The predicted octanol–water partition coefficient (Wildman–Crippen LogP) is 2.31. The fraction of sp³-hybridized carbons (Fsp3) is 0.400. The highest BCUT2D eigenvalue weighted by atomic mass is 19.1. The molecule has 1 unspecified atom stereocenters. The fourth-order valence-corrected chi connectivity index (χ4v) is 3.00. The summed E-state index contributed by atoms with van der Waals surface area (Å²) in [6.45, 7) is 5.46. The summed E-state index contributed by atoms with van der Waals surface area (Å²) in [4.78, 5) is 10.9. The first-order valence-corrected chi connectivity index (χ1v) is 9.15. The lowest BCUT2D eigenvalue weighted by molar-refractivity contribution is 0.0529. The number of hydrogen-bond acceptors (Lipinski definition) is 4. The van der Waals surface area contributed by atoms with E-state index in [1.165, 1.54) is 6.07 Å². The van der Waals surface area contributed by atoms with Crippen molar-refractivity contribution < 1.29 is 9.13 Å². The second-order valence-electron chi connectivity index (χ2n) is 6.52. The number of nitrogens with one attached hydrogen (secondary N) is 2. The molecule has 0 bridgehead atoms. The number of anilines is 1. The van der Waals surface area contributed by atoms with E-state index in [-0.39, 0.29) is 11.9 Å². The molecule has 2 N–H and O–H groups in total. The van der Waals surface area contributed by atoms with Gasteiger partial charge in [0.2, 0.25) is 0 Å². The average Bonchev–Trinajstić information content (AvgIpc) is 2.69. The van der Waals surface area contributed by atoms with Gasteiger partial charge < -0.3 is 20.3 Å². The Labute approximate surface area is 159 Å². The Balaban J connectivity index is 1.55. The Hall–Kier alpha value is -2.67. The molecule has 1 aromatic heterocycles. The molecule has 6 nitrogen and oxygen atoms in total. The zero-order valence-electron chi connectivity index (χ0n) is 15.8. The van der Waals surface area contributed by atoms with Crippen LogP contribution in [0.25, 0.3) is 0 Å². The second-order valence-corrected chi connectivity index (χ2v) is 6.52. The maximum Gasteiger partial charge on any atom is 0.191 e. The highest BCUT2D eigenvalue weighted by Gasteiger charge is 2.18. The molecule has 144 valence electrons. The lowest BCUT2D eigenvalue weighted by Crippen LogP contribution is -2.41. The summed E-state index contributed by atoms with van der Waals surface area (Å²) in [5.41, 5.74) is 1.71. The van der Waals surface area contributed by atoms with E-state index in [9.17, 15) is 4.39 Å². The number of nitrogens with zero attached hydrogens (tertiary/aromatic N) is 3. The normalized spacial score (nSPS) is 17.7. The van der Waals surface area contributed by atoms with Crippen LogP contribution in [0, 0.1) is 5.82 Å². The lowest BCUT2D eigenvalue weighted by atomic mass is 10.2. The smallest absolute Gasteiger partial charge is 0.191 e. The molecule has 2 aromatic rings. The van der Waals surface area contributed by atoms with Crippen molar-refractivity contribution in [3.05, 3.63) is 59.5 Å². The van der Waals surface area contributed by atoms with E-state index in [0.717, 1.165) is 31.1 Å². The first kappa shape index (κ1) is 19.1. The topological polar surface area (TPSA) is 61.8 Å². The Bertz CT molecular complexity index is 782. The molecular weight excluding hydrogens is 345 g/mol. The van der Waals surface area contributed by atoms with E-state index in [2.05, 4.69) is 38.5 Å². The van der Waals surface area contributed by atoms with Gasteiger partial charge in [-0.1, -0.05) is 18.2 Å². The van der Waals surface area contributed by atoms with E-state index in [1.54, 1.807) is 19.2 Å². The molecular formula is C20H26FN5O. The molecule has 0 amide bonds. The van der Waals surface area contributed by atoms with Crippen LogP contribution in [-0.2, 0) is 17.8 Å². The van der Waals surface area contributed by atoms with Gasteiger partial charge in [0.25, 0.3) is 0 Å². The standard InChI is InChI=1S/C20H26FN5O/c1-15-14-26(9-10-27-15)19-11-16(7-8-23-19)12-24-20(22-2)25-13-17-5-3-4-6-18(17)21/h3-8,11,15H,9-10,12-14H2,1-2H3,(H2,22,24,25). The number of pyridine rings is 1. The van der Waals surface area contributed by atoms with Gasteiger partial charge in [-0.05, 0) is 30.7 Å². The zero-order valence-corrected chi connectivity index (χ0v) is 15.8. The van der Waals surface area contributed by atoms with Crippen LogP contribution in [0.3, 0.4) is 0 Å². The molecule has 3 rings (SSSR count). The molecule has 1 aromatic carbocycles. The largest absolute Gasteiger partial charge is 0.375 e. The molecule has 0 saturated carbocycles. The van der Waals surface area contributed by atoms with E-state index in [1.807, 2.05) is 18.3 Å². The van der Waals surface area contributed by atoms with Gasteiger partial charge in [-0.15, -0.1) is 0 Å². The summed E-state index contributed by atoms with van der Waals surface area (Å²) < 4.78 is 19.3. The van der Waals surface area contributed by atoms with Crippen LogP contribution in [0.2, 0.25) is 0 Å². The number of rotatable bonds is 5. The van der Waals surface area contributed by atoms with Crippen LogP contribution in [0.15, 0.2) is 47.6 Å². The highest BCUT2D eigenvalue weighted by Crippen LogP contribution is 2.16. The predicted molar refractivity (Wildman–Crippen MR) is 105 cm³/mol. The van der Waals surface area contributed by atoms with Crippen molar-refractivity contribution in [3.63, 3.8) is 0 Å². The number of hydrogen-bond donors (Lipinski definition) is 2. The maximum absolute atomic E-state index is 13.7. The Morgan fingerprint density at radius 3 is 2.89 bits per heavy atom. The second kappa shape index (κ2) is 9.32. The van der Waals surface area contributed by atoms with E-state index in [4.69, 9.17) is 4.74 Å². The minimum Gasteiger partial charge on any atom is -0.375 e. The molecule has 1 aliphatic rings. The van der Waals surface area contributed by atoms with Crippen LogP contribution < -0.4 is 15.5 Å². The summed E-state index contributed by atoms with van der Waals surface area (Å²) in [5, 5.41) is 6.40. The zero-order chi connectivity index (χ0) is 19.1. The van der Waals surface area contributed by atoms with Gasteiger partial charge in [-0.25, -0.2) is 9.37 Å². The Morgan fingerprint density at radius 2 is 2.11 bits per heavy atom. The number of halogens is 1. The molecule has 7 heteroatoms. The molecule has 0 radical (unpaired) electrons. The van der Waals surface area contributed by atoms with Crippen molar-refractivity contribution in [2.75, 3.05) is 31.6 Å². The first-order chi connectivity index (χ1) is 13.2. The van der Waals surface area contributed by atoms with E-state index >= 15 is 0 Å². The lowest BCUT2D eigenvalue weighted by Gasteiger charge is -2.32. The molecule has 1 saturated heterocycles. The van der Waals surface area contributed by atoms with Crippen molar-refractivity contribution in [1.29, 1.82) is 0 Å². The van der Waals surface area contributed by atoms with Crippen LogP contribution in [0.5, 0.6) is 0 Å². The van der Waals surface area contributed by atoms with Crippen molar-refractivity contribution in [3.8, 4) is 0 Å². The first-order valence-electron chi connectivity index (χ1n) is 9.15. The molecule has 1 atom stereocenters. The number of benzene rings is 1. The molecule has 1 fully saturated rings. The molecule has 1 aliphatic heterocycles. The highest BCUT2D eigenvalue weighted by molar-refractivity contribution is 5.79. The minimum atomic E-state index is -0.223. The van der Waals surface area contributed by atoms with Crippen molar-refractivity contribution >= 4 is 11.8 Å². The summed E-state index contributed by atoms with van der Waals surface area (Å²) in [7, 11) is 1.70. The van der Waals surface area contributed by atoms with Gasteiger partial charge in [-0.2, -0.15) is 0 Å². The molecule has 27 heavy (non-hydrogen) atoms. The monoisotopic (exact) mass is 371 g/mol. The van der Waals surface area contributed by atoms with Gasteiger partial charge in [0, 0.05) is 45.0 Å². The van der Waals surface area contributed by atoms with Gasteiger partial charge in [-0.3, -0.25) is 4.99 Å². The van der Waals surface area contributed by atoms with E-state index < -0.39 is 0 Å². The Morgan fingerprint density at radius 1 is 1.30 bits per heavy atom. The minimum absolute atomic E-state index is 0.212. The van der Waals surface area contributed by atoms with Crippen LogP contribution >= 0.6 is 0 Å². The quantitative estimate of drug-likeness (QED) is 0.624. The number of aromatic nitrogens is 1. The third kappa shape index (κ3) is 5.40. The van der Waals surface area contributed by atoms with Gasteiger partial charge in [0.15, 0.2) is 5.96 Å². The van der Waals surface area contributed by atoms with Gasteiger partial charge >= 0.3 is 0 Å². The average molecular weight is 371 g/mol. The van der Waals surface area contributed by atoms with E-state index in [0.29, 0.717) is 24.6 Å². The fourth-order valence-electron chi connectivity index (χ4n) is 3.00. The number of aliphatic imine (C=N–C) groups is 1.